The topological polar surface area (TPSA) is 85.8 Å². The fraction of sp³-hybridized carbons (Fsp3) is 0.222. The molecule has 8 heteroatoms. The average Bonchev–Trinajstić information content (AvgIpc) is 2.86. The lowest BCUT2D eigenvalue weighted by Crippen LogP contribution is -2.73. The lowest BCUT2D eigenvalue weighted by Gasteiger charge is -2.58. The van der Waals surface area contributed by atoms with Gasteiger partial charge in [-0.3, -0.25) is 9.78 Å². The van der Waals surface area contributed by atoms with E-state index in [0.717, 1.165) is 16.7 Å². The first-order valence-corrected chi connectivity index (χ1v) is 11.3. The van der Waals surface area contributed by atoms with Crippen molar-refractivity contribution in [3.8, 4) is 11.8 Å². The third-order valence-corrected chi connectivity index (χ3v) is 6.44. The minimum Gasteiger partial charge on any atom is -0.394 e. The number of aliphatic hydroxyl groups excluding tert-OH is 1. The van der Waals surface area contributed by atoms with Crippen molar-refractivity contribution in [3.63, 3.8) is 0 Å². The molecule has 0 saturated carbocycles. The quantitative estimate of drug-likeness (QED) is 0.577. The van der Waals surface area contributed by atoms with Crippen molar-refractivity contribution in [2.45, 2.75) is 18.0 Å². The molecule has 2 aliphatic heterocycles. The Morgan fingerprint density at radius 1 is 1.09 bits per heavy atom. The number of nitrogens with one attached hydrogen (secondary N) is 1. The number of benzene rings is 2. The van der Waals surface area contributed by atoms with Crippen molar-refractivity contribution in [2.24, 2.45) is 0 Å². The van der Waals surface area contributed by atoms with Gasteiger partial charge in [-0.1, -0.05) is 24.0 Å². The molecule has 0 unspecified atom stereocenters. The monoisotopic (exact) mass is 470 g/mol. The van der Waals surface area contributed by atoms with E-state index in [9.17, 15) is 19.1 Å². The number of halogens is 1. The molecule has 0 aliphatic carbocycles. The fourth-order valence-electron chi connectivity index (χ4n) is 4.76. The summed E-state index contributed by atoms with van der Waals surface area (Å²) in [6, 6.07) is 15.9. The highest BCUT2D eigenvalue weighted by Gasteiger charge is 2.54. The number of hydrogen-bond acceptors (Lipinski definition) is 4. The summed E-state index contributed by atoms with van der Waals surface area (Å²) in [7, 11) is 0. The van der Waals surface area contributed by atoms with Crippen molar-refractivity contribution >= 4 is 17.6 Å². The van der Waals surface area contributed by atoms with Crippen LogP contribution in [-0.2, 0) is 4.79 Å². The molecule has 3 heterocycles. The minimum absolute atomic E-state index is 0.0738. The number of carbonyl (C=O) groups is 2. The van der Waals surface area contributed by atoms with Crippen molar-refractivity contribution in [1.29, 1.82) is 0 Å². The third kappa shape index (κ3) is 4.59. The first kappa shape index (κ1) is 22.6. The van der Waals surface area contributed by atoms with Gasteiger partial charge in [-0.25, -0.2) is 9.18 Å². The van der Waals surface area contributed by atoms with Crippen LogP contribution in [0.2, 0.25) is 0 Å². The SMILES string of the molecule is O=C(Nc1ccc(F)cc1)N1CC(=O)N2[C@H](CO)[C@H](c3ccc(C#Cc4cccnc4)cc3)[C@H]2C1. The van der Waals surface area contributed by atoms with Crippen LogP contribution in [0, 0.1) is 17.7 Å². The second kappa shape index (κ2) is 9.57. The molecular formula is C27H23FN4O3. The van der Waals surface area contributed by atoms with Crippen LogP contribution in [0.15, 0.2) is 73.1 Å². The summed E-state index contributed by atoms with van der Waals surface area (Å²) >= 11 is 0. The van der Waals surface area contributed by atoms with Gasteiger partial charge in [0.1, 0.15) is 12.4 Å². The second-order valence-corrected chi connectivity index (χ2v) is 8.58. The molecule has 2 aliphatic rings. The van der Waals surface area contributed by atoms with Gasteiger partial charge in [-0.05, 0) is 54.1 Å². The molecule has 3 aromatic rings. The zero-order valence-electron chi connectivity index (χ0n) is 18.8. The van der Waals surface area contributed by atoms with Gasteiger partial charge in [0.25, 0.3) is 0 Å². The van der Waals surface area contributed by atoms with E-state index in [-0.39, 0.29) is 37.1 Å². The summed E-state index contributed by atoms with van der Waals surface area (Å²) in [5.74, 6) is 5.48. The van der Waals surface area contributed by atoms with E-state index in [1.54, 1.807) is 17.3 Å². The van der Waals surface area contributed by atoms with Crippen LogP contribution in [0.1, 0.15) is 22.6 Å². The van der Waals surface area contributed by atoms with Gasteiger partial charge in [0.15, 0.2) is 0 Å². The average molecular weight is 471 g/mol. The fourth-order valence-corrected chi connectivity index (χ4v) is 4.76. The Balaban J connectivity index is 1.30. The standard InChI is InChI=1S/C27H23FN4O3/c28-21-9-11-22(12-10-21)30-27(35)31-15-23-26(24(17-33)32(23)25(34)16-31)20-7-5-18(6-8-20)3-4-19-2-1-13-29-14-19/h1-2,5-14,23-24,26,33H,15-17H2,(H,30,35)/t23-,24-,26-/m1/s1. The summed E-state index contributed by atoms with van der Waals surface area (Å²) in [4.78, 5) is 32.8. The Kier molecular flexibility index (Phi) is 6.17. The number of fused-ring (bicyclic) bond motifs is 1. The molecule has 2 aromatic carbocycles. The van der Waals surface area contributed by atoms with Crippen LogP contribution in [0.25, 0.3) is 0 Å². The number of hydrogen-bond donors (Lipinski definition) is 2. The van der Waals surface area contributed by atoms with E-state index in [1.807, 2.05) is 36.4 Å². The molecule has 35 heavy (non-hydrogen) atoms. The predicted molar refractivity (Wildman–Crippen MR) is 128 cm³/mol. The number of nitrogens with zero attached hydrogens (tertiary/aromatic N) is 3. The number of urea groups is 1. The number of aromatic nitrogens is 1. The number of aliphatic hydroxyl groups is 1. The van der Waals surface area contributed by atoms with Gasteiger partial charge in [0.2, 0.25) is 5.91 Å². The minimum atomic E-state index is -0.420. The summed E-state index contributed by atoms with van der Waals surface area (Å²) in [6.45, 7) is 0.107. The summed E-state index contributed by atoms with van der Waals surface area (Å²) in [6.07, 6.45) is 3.40. The number of piperazine rings is 1. The first-order chi connectivity index (χ1) is 17.0. The molecule has 0 bridgehead atoms. The third-order valence-electron chi connectivity index (χ3n) is 6.44. The van der Waals surface area contributed by atoms with Gasteiger partial charge in [-0.2, -0.15) is 0 Å². The number of rotatable bonds is 3. The zero-order chi connectivity index (χ0) is 24.4. The maximum Gasteiger partial charge on any atom is 0.322 e. The second-order valence-electron chi connectivity index (χ2n) is 8.58. The largest absolute Gasteiger partial charge is 0.394 e. The molecule has 3 amide bonds. The van der Waals surface area contributed by atoms with E-state index < -0.39 is 11.8 Å². The molecule has 7 nitrogen and oxygen atoms in total. The maximum absolute atomic E-state index is 13.1. The van der Waals surface area contributed by atoms with Gasteiger partial charge < -0.3 is 20.2 Å². The normalized spacial score (nSPS) is 20.9. The smallest absolute Gasteiger partial charge is 0.322 e. The van der Waals surface area contributed by atoms with Crippen molar-refractivity contribution in [3.05, 3.63) is 95.6 Å². The molecule has 2 fully saturated rings. The number of amides is 3. The number of anilines is 1. The Morgan fingerprint density at radius 2 is 1.83 bits per heavy atom. The lowest BCUT2D eigenvalue weighted by molar-refractivity contribution is -0.159. The highest BCUT2D eigenvalue weighted by molar-refractivity contribution is 5.93. The molecule has 2 N–H and O–H groups in total. The van der Waals surface area contributed by atoms with Crippen LogP contribution in [0.3, 0.4) is 0 Å². The molecule has 0 radical (unpaired) electrons. The Bertz CT molecular complexity index is 1290. The highest BCUT2D eigenvalue weighted by atomic mass is 19.1. The van der Waals surface area contributed by atoms with Crippen molar-refractivity contribution in [1.82, 2.24) is 14.8 Å². The lowest BCUT2D eigenvalue weighted by atomic mass is 9.73. The van der Waals surface area contributed by atoms with Crippen LogP contribution in [0.4, 0.5) is 14.9 Å². The Hall–Kier alpha value is -4.22. The van der Waals surface area contributed by atoms with Crippen LogP contribution in [-0.4, -0.2) is 63.6 Å². The van der Waals surface area contributed by atoms with E-state index in [4.69, 9.17) is 0 Å². The van der Waals surface area contributed by atoms with E-state index in [0.29, 0.717) is 12.2 Å². The van der Waals surface area contributed by atoms with Gasteiger partial charge in [-0.15, -0.1) is 0 Å². The molecule has 0 spiro atoms. The molecule has 2 saturated heterocycles. The predicted octanol–water partition coefficient (Wildman–Crippen LogP) is 2.82. The number of pyridine rings is 1. The van der Waals surface area contributed by atoms with Crippen LogP contribution < -0.4 is 5.32 Å². The van der Waals surface area contributed by atoms with Gasteiger partial charge in [0.05, 0.1) is 18.7 Å². The van der Waals surface area contributed by atoms with Crippen LogP contribution in [0.5, 0.6) is 0 Å². The summed E-state index contributed by atoms with van der Waals surface area (Å²) in [5, 5.41) is 12.7. The van der Waals surface area contributed by atoms with Crippen LogP contribution >= 0.6 is 0 Å². The zero-order valence-corrected chi connectivity index (χ0v) is 18.8. The van der Waals surface area contributed by atoms with Crippen molar-refractivity contribution in [2.75, 3.05) is 25.0 Å². The van der Waals surface area contributed by atoms with Crippen molar-refractivity contribution < 1.29 is 19.1 Å². The van der Waals surface area contributed by atoms with E-state index in [1.165, 1.54) is 29.2 Å². The summed E-state index contributed by atoms with van der Waals surface area (Å²) < 4.78 is 13.1. The molecule has 176 valence electrons. The molecular weight excluding hydrogens is 447 g/mol. The highest BCUT2D eigenvalue weighted by Crippen LogP contribution is 2.43. The first-order valence-electron chi connectivity index (χ1n) is 11.3. The number of carbonyl (C=O) groups excluding carboxylic acids is 2. The van der Waals surface area contributed by atoms with Gasteiger partial charge >= 0.3 is 6.03 Å². The molecule has 5 rings (SSSR count). The molecule has 3 atom stereocenters. The van der Waals surface area contributed by atoms with Gasteiger partial charge in [0, 0.05) is 41.7 Å². The van der Waals surface area contributed by atoms with E-state index in [2.05, 4.69) is 22.1 Å². The summed E-state index contributed by atoms with van der Waals surface area (Å²) in [5.41, 5.74) is 3.10. The Labute approximate surface area is 202 Å². The Morgan fingerprint density at radius 3 is 2.51 bits per heavy atom. The maximum atomic E-state index is 13.1. The molecule has 1 aromatic heterocycles. The van der Waals surface area contributed by atoms with E-state index >= 15 is 0 Å².